The number of aryl methyl sites for hydroxylation is 1. The molecule has 0 radical (unpaired) electrons. The summed E-state index contributed by atoms with van der Waals surface area (Å²) in [5, 5.41) is 0. The van der Waals surface area contributed by atoms with E-state index in [1.54, 1.807) is 93.7 Å². The second-order valence-corrected chi connectivity index (χ2v) is 19.2. The molecular weight excluding hydrogens is 893 g/mol. The summed E-state index contributed by atoms with van der Waals surface area (Å²) in [6.07, 6.45) is -0.514. The summed E-state index contributed by atoms with van der Waals surface area (Å²) in [5.41, 5.74) is 13.9. The molecule has 69 heavy (non-hydrogen) atoms. The molecule has 4 N–H and O–H groups in total. The van der Waals surface area contributed by atoms with Crippen LogP contribution in [-0.2, 0) is 66.9 Å². The van der Waals surface area contributed by atoms with Crippen LogP contribution in [0.2, 0.25) is 0 Å². The minimum Gasteiger partial charge on any atom is -0.496 e. The highest BCUT2D eigenvalue weighted by molar-refractivity contribution is 5.77. The Morgan fingerprint density at radius 3 is 1.52 bits per heavy atom. The van der Waals surface area contributed by atoms with E-state index in [9.17, 15) is 24.0 Å². The first kappa shape index (κ1) is 54.8. The Hall–Kier alpha value is -6.85. The predicted octanol–water partition coefficient (Wildman–Crippen LogP) is 6.60. The first-order chi connectivity index (χ1) is 32.2. The third kappa shape index (κ3) is 20.5. The molecule has 1 unspecified atom stereocenters. The van der Waals surface area contributed by atoms with Gasteiger partial charge in [0.15, 0.2) is 20.0 Å². The third-order valence-electron chi connectivity index (χ3n) is 9.02. The van der Waals surface area contributed by atoms with E-state index in [2.05, 4.69) is 0 Å². The summed E-state index contributed by atoms with van der Waals surface area (Å²) in [6, 6.07) is 21.9. The number of rotatable bonds is 24. The first-order valence-corrected chi connectivity index (χ1v) is 22.2. The predicted molar refractivity (Wildman–Crippen MR) is 254 cm³/mol. The summed E-state index contributed by atoms with van der Waals surface area (Å²) in [4.78, 5) is 61.2. The lowest BCUT2D eigenvalue weighted by atomic mass is 9.95. The van der Waals surface area contributed by atoms with Gasteiger partial charge in [-0.05, 0) is 164 Å². The third-order valence-corrected chi connectivity index (χ3v) is 9.02. The molecule has 4 rings (SSSR count). The molecule has 0 heterocycles. The highest BCUT2D eigenvalue weighted by atomic mass is 16.7. The minimum atomic E-state index is -1.57. The van der Waals surface area contributed by atoms with Crippen LogP contribution in [0, 0.1) is 6.92 Å². The number of hydrogen-bond donors (Lipinski definition) is 2. The van der Waals surface area contributed by atoms with Crippen LogP contribution in [-0.4, -0.2) is 93.1 Å². The van der Waals surface area contributed by atoms with E-state index in [0.29, 0.717) is 42.3 Å². The smallest absolute Gasteiger partial charge is 0.376 e. The van der Waals surface area contributed by atoms with Crippen LogP contribution in [0.5, 0.6) is 28.7 Å². The lowest BCUT2D eigenvalue weighted by Gasteiger charge is -2.24. The molecule has 4 aromatic carbocycles. The molecule has 17 heteroatoms. The zero-order valence-corrected chi connectivity index (χ0v) is 41.4. The van der Waals surface area contributed by atoms with Gasteiger partial charge in [0.1, 0.15) is 58.8 Å². The van der Waals surface area contributed by atoms with Gasteiger partial charge in [-0.2, -0.15) is 0 Å². The normalized spacial score (nSPS) is 12.0. The Balaban J connectivity index is 1.71. The van der Waals surface area contributed by atoms with Crippen molar-refractivity contribution in [3.63, 3.8) is 0 Å². The summed E-state index contributed by atoms with van der Waals surface area (Å²) in [6.45, 7) is 15.8. The van der Waals surface area contributed by atoms with Crippen LogP contribution < -0.4 is 35.2 Å². The van der Waals surface area contributed by atoms with Crippen molar-refractivity contribution in [3.8, 4) is 28.7 Å². The number of primary amides is 2. The van der Waals surface area contributed by atoms with Gasteiger partial charge in [0.05, 0.1) is 7.11 Å². The molecule has 0 fully saturated rings. The molecule has 0 bridgehead atoms. The number of ether oxygens (including phenoxy) is 10. The van der Waals surface area contributed by atoms with Crippen molar-refractivity contribution >= 4 is 29.7 Å². The highest BCUT2D eigenvalue weighted by Crippen LogP contribution is 2.33. The Morgan fingerprint density at radius 2 is 1.01 bits per heavy atom. The topological polar surface area (TPSA) is 230 Å². The van der Waals surface area contributed by atoms with Crippen molar-refractivity contribution in [2.24, 2.45) is 11.5 Å². The van der Waals surface area contributed by atoms with E-state index in [1.807, 2.05) is 55.5 Å². The SMILES string of the molecule is COc1c(C)cc(OCC(=O)OC(C)(C)C)cc1Cc1cc(Cc2cc(Cc3cccc(OC(OCC(N)=O)C(=O)OC(C)(C)C)c3)cc(OCC(=O)OC(C)(C)C)c2)cc(OCOCC(N)=O)c1. The quantitative estimate of drug-likeness (QED) is 0.0326. The molecule has 17 nitrogen and oxygen atoms in total. The fourth-order valence-corrected chi connectivity index (χ4v) is 6.83. The van der Waals surface area contributed by atoms with E-state index in [0.717, 1.165) is 38.9 Å². The number of carbonyl (C=O) groups is 5. The largest absolute Gasteiger partial charge is 0.496 e. The summed E-state index contributed by atoms with van der Waals surface area (Å²) in [7, 11) is 1.58. The number of amides is 2. The molecule has 0 saturated carbocycles. The van der Waals surface area contributed by atoms with Crippen molar-refractivity contribution in [1.29, 1.82) is 0 Å². The van der Waals surface area contributed by atoms with Crippen molar-refractivity contribution in [2.75, 3.05) is 40.3 Å². The zero-order valence-electron chi connectivity index (χ0n) is 41.4. The van der Waals surface area contributed by atoms with E-state index < -0.39 is 59.4 Å². The maximum absolute atomic E-state index is 13.0. The van der Waals surface area contributed by atoms with E-state index in [-0.39, 0.29) is 32.4 Å². The Morgan fingerprint density at radius 1 is 0.536 bits per heavy atom. The molecule has 0 aliphatic carbocycles. The zero-order chi connectivity index (χ0) is 51.1. The van der Waals surface area contributed by atoms with Crippen molar-refractivity contribution in [3.05, 3.63) is 112 Å². The second-order valence-electron chi connectivity index (χ2n) is 19.2. The van der Waals surface area contributed by atoms with Crippen molar-refractivity contribution < 1.29 is 71.3 Å². The van der Waals surface area contributed by atoms with E-state index >= 15 is 0 Å². The average molecular weight is 959 g/mol. The van der Waals surface area contributed by atoms with Crippen LogP contribution in [0.25, 0.3) is 0 Å². The molecule has 1 atom stereocenters. The molecule has 0 aliphatic heterocycles. The minimum absolute atomic E-state index is 0.251. The maximum atomic E-state index is 13.0. The van der Waals surface area contributed by atoms with Gasteiger partial charge in [-0.1, -0.05) is 24.3 Å². The van der Waals surface area contributed by atoms with Crippen LogP contribution in [0.3, 0.4) is 0 Å². The molecule has 2 amide bonds. The van der Waals surface area contributed by atoms with Gasteiger partial charge >= 0.3 is 17.9 Å². The number of benzene rings is 4. The Bertz CT molecular complexity index is 2430. The first-order valence-electron chi connectivity index (χ1n) is 22.2. The van der Waals surface area contributed by atoms with Gasteiger partial charge in [-0.25, -0.2) is 14.4 Å². The van der Waals surface area contributed by atoms with E-state index in [4.69, 9.17) is 58.8 Å². The molecule has 0 spiro atoms. The van der Waals surface area contributed by atoms with Gasteiger partial charge in [-0.3, -0.25) is 9.59 Å². The Kier molecular flexibility index (Phi) is 19.4. The fraction of sp³-hybridized carbons (Fsp3) is 0.442. The van der Waals surface area contributed by atoms with Crippen LogP contribution in [0.4, 0.5) is 0 Å². The number of carbonyl (C=O) groups excluding carboxylic acids is 5. The summed E-state index contributed by atoms with van der Waals surface area (Å²) >= 11 is 0. The number of esters is 3. The molecule has 0 aliphatic rings. The van der Waals surface area contributed by atoms with E-state index in [1.165, 1.54) is 0 Å². The molecule has 0 aromatic heterocycles. The van der Waals surface area contributed by atoms with Crippen molar-refractivity contribution in [2.45, 2.75) is 112 Å². The van der Waals surface area contributed by atoms with Gasteiger partial charge < -0.3 is 58.8 Å². The molecule has 374 valence electrons. The van der Waals surface area contributed by atoms with Crippen molar-refractivity contribution in [1.82, 2.24) is 0 Å². The molecular formula is C52H66N2O15. The highest BCUT2D eigenvalue weighted by Gasteiger charge is 2.29. The van der Waals surface area contributed by atoms with Crippen LogP contribution >= 0.6 is 0 Å². The number of methoxy groups -OCH3 is 1. The second kappa shape index (κ2) is 24.4. The standard InChI is InChI=1S/C52H66N2O15/c1-32-15-40(62-29-45(57)67-50(2,3)4)26-38(47(32)60-11)20-37-19-36(24-42(25-37)65-31-61-27-43(53)55)18-35-17-34(22-41(23-35)63-30-46(58)68-51(5,6)7)16-33-13-12-14-39(21-33)66-49(64-28-44(54)56)48(59)69-52(8,9)10/h12-15,17,19,21-26,49H,16,18,20,27-31H2,1-11H3,(H2,53,55)(H2,54,56). The monoisotopic (exact) mass is 958 g/mol. The summed E-state index contributed by atoms with van der Waals surface area (Å²) < 4.78 is 56.7. The van der Waals surface area contributed by atoms with Gasteiger partial charge in [-0.15, -0.1) is 0 Å². The lowest BCUT2D eigenvalue weighted by Crippen LogP contribution is -2.39. The van der Waals surface area contributed by atoms with Crippen LogP contribution in [0.15, 0.2) is 72.8 Å². The number of nitrogens with two attached hydrogens (primary N) is 2. The fourth-order valence-electron chi connectivity index (χ4n) is 6.83. The average Bonchev–Trinajstić information content (AvgIpc) is 3.20. The Labute approximate surface area is 403 Å². The maximum Gasteiger partial charge on any atom is 0.376 e. The number of hydrogen-bond acceptors (Lipinski definition) is 15. The van der Waals surface area contributed by atoms with Gasteiger partial charge in [0, 0.05) is 12.0 Å². The molecule has 0 saturated heterocycles. The van der Waals surface area contributed by atoms with Gasteiger partial charge in [0.2, 0.25) is 11.8 Å². The summed E-state index contributed by atoms with van der Waals surface area (Å²) in [5.74, 6) is -1.13. The molecule has 4 aromatic rings. The van der Waals surface area contributed by atoms with Gasteiger partial charge in [0.25, 0.3) is 6.29 Å². The lowest BCUT2D eigenvalue weighted by molar-refractivity contribution is -0.188. The van der Waals surface area contributed by atoms with Crippen LogP contribution in [0.1, 0.15) is 101 Å².